The first kappa shape index (κ1) is 19.8. The number of rotatable bonds is 6. The molecule has 1 aliphatic heterocycles. The van der Waals surface area contributed by atoms with Crippen LogP contribution in [0.25, 0.3) is 0 Å². The normalized spacial score (nSPS) is 14.4. The van der Waals surface area contributed by atoms with Crippen molar-refractivity contribution in [1.29, 1.82) is 0 Å². The minimum absolute atomic E-state index is 0.0657. The molecular formula is C22H28N2O2S. The average molecular weight is 385 g/mol. The van der Waals surface area contributed by atoms with Gasteiger partial charge in [-0.05, 0) is 29.8 Å². The molecule has 144 valence electrons. The highest BCUT2D eigenvalue weighted by atomic mass is 32.2. The highest BCUT2D eigenvalue weighted by Gasteiger charge is 2.17. The molecule has 0 radical (unpaired) electrons. The third-order valence-electron chi connectivity index (χ3n) is 4.56. The van der Waals surface area contributed by atoms with Gasteiger partial charge in [-0.2, -0.15) is 0 Å². The van der Waals surface area contributed by atoms with E-state index in [2.05, 4.69) is 43.0 Å². The van der Waals surface area contributed by atoms with Crippen LogP contribution < -0.4 is 4.90 Å². The lowest BCUT2D eigenvalue weighted by atomic mass is 10.1. The number of hydrogen-bond donors (Lipinski definition) is 0. The molecule has 1 amide bonds. The molecule has 27 heavy (non-hydrogen) atoms. The van der Waals surface area contributed by atoms with Crippen LogP contribution in [0.15, 0.2) is 53.4 Å². The largest absolute Gasteiger partial charge is 0.378 e. The number of benzene rings is 2. The number of morpholine rings is 1. The Balaban J connectivity index is 1.66. The summed E-state index contributed by atoms with van der Waals surface area (Å²) in [6.07, 6.45) is 0. The van der Waals surface area contributed by atoms with E-state index in [4.69, 9.17) is 4.74 Å². The lowest BCUT2D eigenvalue weighted by molar-refractivity contribution is 0.0781. The maximum absolute atomic E-state index is 13.0. The molecule has 0 aromatic heterocycles. The van der Waals surface area contributed by atoms with E-state index in [0.717, 1.165) is 42.3 Å². The van der Waals surface area contributed by atoms with Crippen LogP contribution in [0, 0.1) is 0 Å². The van der Waals surface area contributed by atoms with Gasteiger partial charge in [0.05, 0.1) is 18.8 Å². The van der Waals surface area contributed by atoms with Crippen molar-refractivity contribution in [2.24, 2.45) is 0 Å². The monoisotopic (exact) mass is 384 g/mol. The summed E-state index contributed by atoms with van der Waals surface area (Å²) in [6, 6.07) is 16.4. The van der Waals surface area contributed by atoms with Crippen molar-refractivity contribution < 1.29 is 9.53 Å². The van der Waals surface area contributed by atoms with Crippen molar-refractivity contribution in [3.63, 3.8) is 0 Å². The number of nitrogens with zero attached hydrogens (tertiary/aromatic N) is 2. The second-order valence-electron chi connectivity index (χ2n) is 7.09. The van der Waals surface area contributed by atoms with Gasteiger partial charge in [-0.3, -0.25) is 4.79 Å². The van der Waals surface area contributed by atoms with Gasteiger partial charge in [0.25, 0.3) is 5.91 Å². The van der Waals surface area contributed by atoms with Crippen molar-refractivity contribution in [3.05, 3.63) is 59.7 Å². The summed E-state index contributed by atoms with van der Waals surface area (Å²) >= 11 is 1.73. The number of thioether (sulfide) groups is 1. The van der Waals surface area contributed by atoms with Gasteiger partial charge in [-0.25, -0.2) is 0 Å². The minimum Gasteiger partial charge on any atom is -0.378 e. The summed E-state index contributed by atoms with van der Waals surface area (Å²) in [4.78, 5) is 18.1. The third kappa shape index (κ3) is 5.27. The predicted octanol–water partition coefficient (Wildman–Crippen LogP) is 4.30. The fourth-order valence-electron chi connectivity index (χ4n) is 3.19. The van der Waals surface area contributed by atoms with E-state index >= 15 is 0 Å². The molecule has 5 heteroatoms. The van der Waals surface area contributed by atoms with Crippen molar-refractivity contribution >= 4 is 23.4 Å². The fraction of sp³-hybridized carbons (Fsp3) is 0.409. The van der Waals surface area contributed by atoms with E-state index in [9.17, 15) is 4.79 Å². The molecule has 0 unspecified atom stereocenters. The molecule has 1 saturated heterocycles. The van der Waals surface area contributed by atoms with Crippen LogP contribution >= 0.6 is 11.8 Å². The molecule has 4 nitrogen and oxygen atoms in total. The number of amides is 1. The Labute approximate surface area is 166 Å². The highest BCUT2D eigenvalue weighted by Crippen LogP contribution is 2.27. The molecule has 2 aromatic rings. The summed E-state index contributed by atoms with van der Waals surface area (Å²) in [7, 11) is 1.87. The molecule has 3 rings (SSSR count). The lowest BCUT2D eigenvalue weighted by Gasteiger charge is -2.29. The van der Waals surface area contributed by atoms with E-state index in [-0.39, 0.29) is 5.91 Å². The Morgan fingerprint density at radius 1 is 1.11 bits per heavy atom. The van der Waals surface area contributed by atoms with Crippen molar-refractivity contribution in [2.45, 2.75) is 30.5 Å². The minimum atomic E-state index is 0.0657. The maximum atomic E-state index is 13.0. The first-order chi connectivity index (χ1) is 13.0. The fourth-order valence-corrected chi connectivity index (χ4v) is 4.13. The van der Waals surface area contributed by atoms with Gasteiger partial charge < -0.3 is 14.5 Å². The van der Waals surface area contributed by atoms with Gasteiger partial charge >= 0.3 is 0 Å². The quantitative estimate of drug-likeness (QED) is 0.696. The van der Waals surface area contributed by atoms with Crippen LogP contribution in [0.3, 0.4) is 0 Å². The molecule has 0 bridgehead atoms. The topological polar surface area (TPSA) is 32.8 Å². The Bertz CT molecular complexity index is 755. The predicted molar refractivity (Wildman–Crippen MR) is 113 cm³/mol. The molecule has 1 heterocycles. The molecule has 0 saturated carbocycles. The second-order valence-corrected chi connectivity index (χ2v) is 8.71. The Kier molecular flexibility index (Phi) is 6.80. The van der Waals surface area contributed by atoms with Gasteiger partial charge in [-0.1, -0.05) is 38.1 Å². The highest BCUT2D eigenvalue weighted by molar-refractivity contribution is 8.00. The molecule has 0 aliphatic carbocycles. The number of anilines is 1. The van der Waals surface area contributed by atoms with E-state index in [0.29, 0.717) is 11.8 Å². The van der Waals surface area contributed by atoms with Gasteiger partial charge in [0.1, 0.15) is 0 Å². The third-order valence-corrected chi connectivity index (χ3v) is 5.64. The standard InChI is InChI=1S/C22H28N2O2S/c1-17(2)27-21-7-5-4-6-20(21)22(25)23(3)16-18-8-10-19(11-9-18)24-12-14-26-15-13-24/h4-11,17H,12-16H2,1-3H3. The molecule has 0 atom stereocenters. The van der Waals surface area contributed by atoms with Crippen molar-refractivity contribution in [3.8, 4) is 0 Å². The van der Waals surface area contributed by atoms with E-state index in [1.165, 1.54) is 5.69 Å². The van der Waals surface area contributed by atoms with Crippen LogP contribution in [-0.2, 0) is 11.3 Å². The number of hydrogen-bond acceptors (Lipinski definition) is 4. The van der Waals surface area contributed by atoms with Gasteiger partial charge in [-0.15, -0.1) is 11.8 Å². The molecular weight excluding hydrogens is 356 g/mol. The van der Waals surface area contributed by atoms with Crippen LogP contribution in [-0.4, -0.2) is 49.4 Å². The van der Waals surface area contributed by atoms with Crippen molar-refractivity contribution in [2.75, 3.05) is 38.3 Å². The zero-order chi connectivity index (χ0) is 19.2. The lowest BCUT2D eigenvalue weighted by Crippen LogP contribution is -2.36. The first-order valence-corrected chi connectivity index (χ1v) is 10.4. The SMILES string of the molecule is CC(C)Sc1ccccc1C(=O)N(C)Cc1ccc(N2CCOCC2)cc1. The van der Waals surface area contributed by atoms with Gasteiger partial charge in [0.15, 0.2) is 0 Å². The van der Waals surface area contributed by atoms with E-state index in [1.54, 1.807) is 16.7 Å². The van der Waals surface area contributed by atoms with Crippen molar-refractivity contribution in [1.82, 2.24) is 4.90 Å². The number of carbonyl (C=O) groups excluding carboxylic acids is 1. The molecule has 0 N–H and O–H groups in total. The summed E-state index contributed by atoms with van der Waals surface area (Å²) in [5.41, 5.74) is 3.13. The molecule has 1 fully saturated rings. The first-order valence-electron chi connectivity index (χ1n) is 9.47. The molecule has 0 spiro atoms. The van der Waals surface area contributed by atoms with Crippen LogP contribution in [0.1, 0.15) is 29.8 Å². The second kappa shape index (κ2) is 9.29. The zero-order valence-corrected chi connectivity index (χ0v) is 17.2. The Morgan fingerprint density at radius 3 is 2.44 bits per heavy atom. The summed E-state index contributed by atoms with van der Waals surface area (Å²) in [6.45, 7) is 8.32. The van der Waals surface area contributed by atoms with Gasteiger partial charge in [0.2, 0.25) is 0 Å². The van der Waals surface area contributed by atoms with Crippen LogP contribution in [0.2, 0.25) is 0 Å². The van der Waals surface area contributed by atoms with E-state index in [1.807, 2.05) is 31.3 Å². The van der Waals surface area contributed by atoms with Gasteiger partial charge in [0, 0.05) is 42.5 Å². The number of ether oxygens (including phenoxy) is 1. The van der Waals surface area contributed by atoms with Crippen LogP contribution in [0.5, 0.6) is 0 Å². The summed E-state index contributed by atoms with van der Waals surface area (Å²) < 4.78 is 5.41. The zero-order valence-electron chi connectivity index (χ0n) is 16.4. The smallest absolute Gasteiger partial charge is 0.255 e. The number of carbonyl (C=O) groups is 1. The van der Waals surface area contributed by atoms with E-state index < -0.39 is 0 Å². The summed E-state index contributed by atoms with van der Waals surface area (Å²) in [5, 5.41) is 0.442. The maximum Gasteiger partial charge on any atom is 0.255 e. The Hall–Kier alpha value is -1.98. The molecule has 2 aromatic carbocycles. The average Bonchev–Trinajstić information content (AvgIpc) is 2.68. The van der Waals surface area contributed by atoms with Crippen LogP contribution in [0.4, 0.5) is 5.69 Å². The Morgan fingerprint density at radius 2 is 1.78 bits per heavy atom. The molecule has 1 aliphatic rings. The summed E-state index contributed by atoms with van der Waals surface area (Å²) in [5.74, 6) is 0.0657.